The summed E-state index contributed by atoms with van der Waals surface area (Å²) >= 11 is 2.03. The molecule has 1 aromatic rings. The van der Waals surface area contributed by atoms with Gasteiger partial charge in [-0.3, -0.25) is 4.79 Å². The number of halogens is 1. The first kappa shape index (κ1) is 14.3. The molecule has 94 valence electrons. The van der Waals surface area contributed by atoms with Crippen molar-refractivity contribution in [2.45, 2.75) is 32.7 Å². The molecule has 0 aliphatic carbocycles. The van der Waals surface area contributed by atoms with E-state index in [2.05, 4.69) is 6.92 Å². The lowest BCUT2D eigenvalue weighted by Gasteiger charge is -2.24. The van der Waals surface area contributed by atoms with Crippen LogP contribution in [0.1, 0.15) is 37.0 Å². The fraction of sp³-hybridized carbons (Fsp3) is 0.462. The molecule has 0 radical (unpaired) electrons. The minimum Gasteiger partial charge on any atom is -0.507 e. The standard InChI is InChI=1S/C13H18INO2/c1-4-5-9(2)15(3)13(17)10-6-7-11(14)12(16)8-10/h6-9,16H,4-5H2,1-3H3. The molecule has 1 rings (SSSR count). The molecule has 17 heavy (non-hydrogen) atoms. The highest BCUT2D eigenvalue weighted by molar-refractivity contribution is 14.1. The Kier molecular flexibility index (Phi) is 5.24. The van der Waals surface area contributed by atoms with Gasteiger partial charge in [0.15, 0.2) is 0 Å². The lowest BCUT2D eigenvalue weighted by atomic mass is 10.1. The Balaban J connectivity index is 2.85. The molecule has 1 atom stereocenters. The van der Waals surface area contributed by atoms with Gasteiger partial charge in [0.25, 0.3) is 5.91 Å². The summed E-state index contributed by atoms with van der Waals surface area (Å²) in [7, 11) is 1.80. The number of carbonyl (C=O) groups is 1. The molecule has 1 unspecified atom stereocenters. The summed E-state index contributed by atoms with van der Waals surface area (Å²) in [6.45, 7) is 4.14. The molecule has 0 aliphatic rings. The molecule has 0 bridgehead atoms. The van der Waals surface area contributed by atoms with Crippen LogP contribution < -0.4 is 0 Å². The molecular formula is C13H18INO2. The quantitative estimate of drug-likeness (QED) is 0.850. The van der Waals surface area contributed by atoms with Crippen molar-refractivity contribution in [3.8, 4) is 5.75 Å². The summed E-state index contributed by atoms with van der Waals surface area (Å²) in [4.78, 5) is 13.9. The highest BCUT2D eigenvalue weighted by Crippen LogP contribution is 2.21. The number of carbonyl (C=O) groups excluding carboxylic acids is 1. The molecule has 0 fully saturated rings. The zero-order chi connectivity index (χ0) is 13.0. The third-order valence-electron chi connectivity index (χ3n) is 2.88. The van der Waals surface area contributed by atoms with Crippen molar-refractivity contribution in [1.29, 1.82) is 0 Å². The van der Waals surface area contributed by atoms with Crippen molar-refractivity contribution in [1.82, 2.24) is 4.90 Å². The fourth-order valence-corrected chi connectivity index (χ4v) is 2.00. The van der Waals surface area contributed by atoms with E-state index >= 15 is 0 Å². The Morgan fingerprint density at radius 2 is 2.18 bits per heavy atom. The van der Waals surface area contributed by atoms with Crippen LogP contribution in [0.3, 0.4) is 0 Å². The minimum atomic E-state index is -0.0438. The number of rotatable bonds is 4. The van der Waals surface area contributed by atoms with Crippen molar-refractivity contribution in [3.63, 3.8) is 0 Å². The van der Waals surface area contributed by atoms with E-state index in [0.717, 1.165) is 16.4 Å². The lowest BCUT2D eigenvalue weighted by molar-refractivity contribution is 0.0736. The maximum Gasteiger partial charge on any atom is 0.253 e. The number of hydrogen-bond acceptors (Lipinski definition) is 2. The van der Waals surface area contributed by atoms with E-state index in [-0.39, 0.29) is 17.7 Å². The Morgan fingerprint density at radius 3 is 2.71 bits per heavy atom. The van der Waals surface area contributed by atoms with E-state index in [9.17, 15) is 9.90 Å². The van der Waals surface area contributed by atoms with E-state index < -0.39 is 0 Å². The third-order valence-corrected chi connectivity index (χ3v) is 3.79. The van der Waals surface area contributed by atoms with Gasteiger partial charge >= 0.3 is 0 Å². The number of benzene rings is 1. The molecule has 0 spiro atoms. The van der Waals surface area contributed by atoms with Gasteiger partial charge in [-0.1, -0.05) is 13.3 Å². The van der Waals surface area contributed by atoms with Crippen LogP contribution in [0.5, 0.6) is 5.75 Å². The van der Waals surface area contributed by atoms with Crippen LogP contribution in [0.25, 0.3) is 0 Å². The van der Waals surface area contributed by atoms with Crippen LogP contribution in [-0.4, -0.2) is 29.0 Å². The molecule has 0 saturated carbocycles. The van der Waals surface area contributed by atoms with Gasteiger partial charge in [0.05, 0.1) is 3.57 Å². The molecule has 0 saturated heterocycles. The van der Waals surface area contributed by atoms with Crippen molar-refractivity contribution in [2.24, 2.45) is 0 Å². The largest absolute Gasteiger partial charge is 0.507 e. The second-order valence-corrected chi connectivity index (χ2v) is 5.38. The Hall–Kier alpha value is -0.780. The summed E-state index contributed by atoms with van der Waals surface area (Å²) < 4.78 is 0.753. The van der Waals surface area contributed by atoms with Gasteiger partial charge in [-0.05, 0) is 54.1 Å². The average molecular weight is 347 g/mol. The van der Waals surface area contributed by atoms with Crippen molar-refractivity contribution in [2.75, 3.05) is 7.05 Å². The van der Waals surface area contributed by atoms with Crippen LogP contribution in [0, 0.1) is 3.57 Å². The number of hydrogen-bond donors (Lipinski definition) is 1. The van der Waals surface area contributed by atoms with Gasteiger partial charge in [-0.15, -0.1) is 0 Å². The molecule has 0 aromatic heterocycles. The summed E-state index contributed by atoms with van der Waals surface area (Å²) in [5.74, 6) is 0.116. The van der Waals surface area contributed by atoms with Gasteiger partial charge < -0.3 is 10.0 Å². The predicted octanol–water partition coefficient (Wildman–Crippen LogP) is 3.26. The normalized spacial score (nSPS) is 12.2. The second kappa shape index (κ2) is 6.23. The lowest BCUT2D eigenvalue weighted by Crippen LogP contribution is -2.34. The number of nitrogens with zero attached hydrogens (tertiary/aromatic N) is 1. The van der Waals surface area contributed by atoms with E-state index in [1.807, 2.05) is 29.5 Å². The number of aromatic hydroxyl groups is 1. The van der Waals surface area contributed by atoms with Gasteiger partial charge in [-0.2, -0.15) is 0 Å². The predicted molar refractivity (Wildman–Crippen MR) is 77.3 cm³/mol. The molecule has 0 heterocycles. The summed E-state index contributed by atoms with van der Waals surface area (Å²) in [5.41, 5.74) is 0.536. The first-order valence-corrected chi connectivity index (χ1v) is 6.81. The first-order valence-electron chi connectivity index (χ1n) is 5.73. The molecule has 1 amide bonds. The zero-order valence-electron chi connectivity index (χ0n) is 10.4. The van der Waals surface area contributed by atoms with Gasteiger partial charge in [0, 0.05) is 18.7 Å². The van der Waals surface area contributed by atoms with E-state index in [0.29, 0.717) is 5.56 Å². The maximum atomic E-state index is 12.1. The molecule has 1 aromatic carbocycles. The number of phenols is 1. The van der Waals surface area contributed by atoms with Gasteiger partial charge in [0.2, 0.25) is 0 Å². The van der Waals surface area contributed by atoms with Gasteiger partial charge in [0.1, 0.15) is 5.75 Å². The fourth-order valence-electron chi connectivity index (χ4n) is 1.66. The zero-order valence-corrected chi connectivity index (χ0v) is 12.6. The summed E-state index contributed by atoms with van der Waals surface area (Å²) in [6, 6.07) is 5.24. The van der Waals surface area contributed by atoms with Crippen LogP contribution in [0.4, 0.5) is 0 Å². The van der Waals surface area contributed by atoms with Crippen LogP contribution in [0.15, 0.2) is 18.2 Å². The monoisotopic (exact) mass is 347 g/mol. The Labute approximate surface area is 116 Å². The molecular weight excluding hydrogens is 329 g/mol. The van der Waals surface area contributed by atoms with E-state index in [4.69, 9.17) is 0 Å². The van der Waals surface area contributed by atoms with E-state index in [1.165, 1.54) is 6.07 Å². The smallest absolute Gasteiger partial charge is 0.253 e. The van der Waals surface area contributed by atoms with Crippen LogP contribution in [0.2, 0.25) is 0 Å². The third kappa shape index (κ3) is 3.59. The Bertz CT molecular complexity index is 406. The van der Waals surface area contributed by atoms with Crippen molar-refractivity contribution < 1.29 is 9.90 Å². The van der Waals surface area contributed by atoms with E-state index in [1.54, 1.807) is 24.1 Å². The molecule has 0 aliphatic heterocycles. The SMILES string of the molecule is CCCC(C)N(C)C(=O)c1ccc(I)c(O)c1. The number of phenolic OH excluding ortho intramolecular Hbond substituents is 1. The average Bonchev–Trinajstić information content (AvgIpc) is 2.31. The summed E-state index contributed by atoms with van der Waals surface area (Å²) in [5, 5.41) is 9.59. The number of amides is 1. The van der Waals surface area contributed by atoms with Crippen molar-refractivity contribution in [3.05, 3.63) is 27.3 Å². The van der Waals surface area contributed by atoms with Gasteiger partial charge in [-0.25, -0.2) is 0 Å². The summed E-state index contributed by atoms with van der Waals surface area (Å²) in [6.07, 6.45) is 2.04. The molecule has 3 nitrogen and oxygen atoms in total. The Morgan fingerprint density at radius 1 is 1.53 bits per heavy atom. The second-order valence-electron chi connectivity index (χ2n) is 4.22. The molecule has 4 heteroatoms. The first-order chi connectivity index (χ1) is 7.97. The highest BCUT2D eigenvalue weighted by atomic mass is 127. The minimum absolute atomic E-state index is 0.0438. The van der Waals surface area contributed by atoms with Crippen LogP contribution >= 0.6 is 22.6 Å². The van der Waals surface area contributed by atoms with Crippen LogP contribution in [-0.2, 0) is 0 Å². The van der Waals surface area contributed by atoms with Crippen molar-refractivity contribution >= 4 is 28.5 Å². The maximum absolute atomic E-state index is 12.1. The molecule has 1 N–H and O–H groups in total. The topological polar surface area (TPSA) is 40.5 Å². The highest BCUT2D eigenvalue weighted by Gasteiger charge is 2.17.